The zero-order valence-corrected chi connectivity index (χ0v) is 20.4. The number of hydrogen-bond acceptors (Lipinski definition) is 6. The molecule has 0 aliphatic rings. The van der Waals surface area contributed by atoms with E-state index >= 15 is 0 Å². The second-order valence-corrected chi connectivity index (χ2v) is 9.08. The Hall–Kier alpha value is -4.11. The Morgan fingerprint density at radius 1 is 1.16 bits per heavy atom. The summed E-state index contributed by atoms with van der Waals surface area (Å²) in [5, 5.41) is 12.0. The van der Waals surface area contributed by atoms with Gasteiger partial charge in [-0.2, -0.15) is 27.1 Å². The van der Waals surface area contributed by atoms with Gasteiger partial charge in [0.2, 0.25) is 5.56 Å². The number of aliphatic carboxylic acids is 1. The molecule has 0 saturated carbocycles. The van der Waals surface area contributed by atoms with Crippen molar-refractivity contribution in [2.24, 2.45) is 5.73 Å². The van der Waals surface area contributed by atoms with Crippen LogP contribution in [-0.2, 0) is 17.9 Å². The molecule has 0 unspecified atom stereocenters. The molecule has 0 amide bonds. The highest BCUT2D eigenvalue weighted by Crippen LogP contribution is 2.31. The average molecular weight is 558 g/mol. The minimum Gasteiger partial charge on any atom is -0.475 e. The van der Waals surface area contributed by atoms with Crippen LogP contribution in [0, 0.1) is 6.92 Å². The number of aryl methyl sites for hydroxylation is 1. The molecule has 3 aromatic heterocycles. The first-order chi connectivity index (χ1) is 17.8. The van der Waals surface area contributed by atoms with Gasteiger partial charge in [0.1, 0.15) is 6.33 Å². The molecule has 9 nitrogen and oxygen atoms in total. The topological polar surface area (TPSA) is 136 Å². The molecule has 15 heteroatoms. The zero-order valence-electron chi connectivity index (χ0n) is 19.6. The molecule has 0 spiro atoms. The number of nitrogens with two attached hydrogens (primary N) is 1. The van der Waals surface area contributed by atoms with Crippen LogP contribution in [0.4, 0.5) is 22.0 Å². The maximum atomic E-state index is 12.8. The minimum absolute atomic E-state index is 0.143. The van der Waals surface area contributed by atoms with E-state index in [-0.39, 0.29) is 30.8 Å². The fourth-order valence-electron chi connectivity index (χ4n) is 3.35. The van der Waals surface area contributed by atoms with Crippen LogP contribution in [0.3, 0.4) is 0 Å². The lowest BCUT2D eigenvalue weighted by Gasteiger charge is -2.05. The molecular weight excluding hydrogens is 537 g/mol. The minimum atomic E-state index is -5.08. The van der Waals surface area contributed by atoms with Gasteiger partial charge >= 0.3 is 17.8 Å². The van der Waals surface area contributed by atoms with Gasteiger partial charge in [0.05, 0.1) is 18.6 Å². The summed E-state index contributed by atoms with van der Waals surface area (Å²) in [6, 6.07) is 11.2. The number of carboxylic acids is 1. The van der Waals surface area contributed by atoms with E-state index < -0.39 is 23.9 Å². The van der Waals surface area contributed by atoms with Gasteiger partial charge in [-0.15, -0.1) is 11.3 Å². The number of pyridine rings is 1. The van der Waals surface area contributed by atoms with E-state index in [0.29, 0.717) is 0 Å². The first-order valence-corrected chi connectivity index (χ1v) is 11.5. The maximum absolute atomic E-state index is 12.8. The monoisotopic (exact) mass is 557 g/mol. The molecule has 0 aliphatic carbocycles. The fourth-order valence-corrected chi connectivity index (χ4v) is 4.34. The van der Waals surface area contributed by atoms with Gasteiger partial charge in [0.15, 0.2) is 0 Å². The Morgan fingerprint density at radius 3 is 2.45 bits per heavy atom. The summed E-state index contributed by atoms with van der Waals surface area (Å²) in [5.74, 6) is -2.76. The third-order valence-corrected chi connectivity index (χ3v) is 6.31. The molecule has 4 rings (SSSR count). The van der Waals surface area contributed by atoms with Crippen LogP contribution >= 0.6 is 11.3 Å². The molecule has 0 radical (unpaired) electrons. The maximum Gasteiger partial charge on any atom is 0.490 e. The Labute approximate surface area is 214 Å². The number of nitrogens with one attached hydrogen (secondary N) is 1. The van der Waals surface area contributed by atoms with Crippen LogP contribution in [0.5, 0.6) is 0 Å². The Bertz CT molecular complexity index is 1610. The predicted octanol–water partition coefficient (Wildman–Crippen LogP) is 3.71. The Kier molecular flexibility index (Phi) is 8.63. The molecule has 0 bridgehead atoms. The molecule has 4 aromatic rings. The number of halogens is 5. The number of H-pyrrole nitrogens is 1. The zero-order chi connectivity index (χ0) is 28.2. The molecule has 0 atom stereocenters. The van der Waals surface area contributed by atoms with Gasteiger partial charge in [0, 0.05) is 27.9 Å². The third-order valence-electron chi connectivity index (χ3n) is 5.19. The Balaban J connectivity index is 0.000000505. The second-order valence-electron chi connectivity index (χ2n) is 7.92. The van der Waals surface area contributed by atoms with Crippen LogP contribution in [0.2, 0.25) is 0 Å². The molecule has 0 aliphatic heterocycles. The SMILES string of the molecule is Cc1cc(-c2ccc(Cn3cnn(CC(CN)=C(F)F)c3=O)s2)cc2ccc(=O)[nH]c12.O=C(O)C(F)(F)F. The van der Waals surface area contributed by atoms with Gasteiger partial charge in [-0.25, -0.2) is 14.3 Å². The van der Waals surface area contributed by atoms with Gasteiger partial charge in [-0.3, -0.25) is 9.36 Å². The van der Waals surface area contributed by atoms with Crippen molar-refractivity contribution in [3.63, 3.8) is 0 Å². The van der Waals surface area contributed by atoms with Crippen LogP contribution in [0.15, 0.2) is 64.0 Å². The normalized spacial score (nSPS) is 11.2. The first kappa shape index (κ1) is 28.5. The van der Waals surface area contributed by atoms with Crippen molar-refractivity contribution >= 4 is 28.2 Å². The summed E-state index contributed by atoms with van der Waals surface area (Å²) in [6.45, 7) is 1.55. The molecule has 1 aromatic carbocycles. The lowest BCUT2D eigenvalue weighted by atomic mass is 10.1. The highest BCUT2D eigenvalue weighted by molar-refractivity contribution is 7.15. The molecule has 3 heterocycles. The van der Waals surface area contributed by atoms with Gasteiger partial charge < -0.3 is 15.8 Å². The first-order valence-electron chi connectivity index (χ1n) is 10.7. The summed E-state index contributed by atoms with van der Waals surface area (Å²) >= 11 is 1.52. The lowest BCUT2D eigenvalue weighted by molar-refractivity contribution is -0.192. The van der Waals surface area contributed by atoms with Crippen molar-refractivity contribution in [3.8, 4) is 10.4 Å². The lowest BCUT2D eigenvalue weighted by Crippen LogP contribution is -2.27. The number of carbonyl (C=O) groups is 1. The van der Waals surface area contributed by atoms with Crippen molar-refractivity contribution in [1.82, 2.24) is 19.3 Å². The number of alkyl halides is 3. The highest BCUT2D eigenvalue weighted by Gasteiger charge is 2.38. The van der Waals surface area contributed by atoms with E-state index in [9.17, 15) is 31.5 Å². The van der Waals surface area contributed by atoms with Crippen molar-refractivity contribution < 1.29 is 31.9 Å². The number of rotatable bonds is 6. The van der Waals surface area contributed by atoms with Gasteiger partial charge in [-0.05, 0) is 53.8 Å². The summed E-state index contributed by atoms with van der Waals surface area (Å²) in [7, 11) is 0. The quantitative estimate of drug-likeness (QED) is 0.309. The van der Waals surface area contributed by atoms with Crippen molar-refractivity contribution in [1.29, 1.82) is 0 Å². The number of thiophene rings is 1. The number of carboxylic acid groups (broad SMARTS) is 1. The van der Waals surface area contributed by atoms with Gasteiger partial charge in [-0.1, -0.05) is 0 Å². The summed E-state index contributed by atoms with van der Waals surface area (Å²) in [4.78, 5) is 37.7. The van der Waals surface area contributed by atoms with Gasteiger partial charge in [0.25, 0.3) is 6.08 Å². The summed E-state index contributed by atoms with van der Waals surface area (Å²) in [5.41, 5.74) is 7.14. The highest BCUT2D eigenvalue weighted by atomic mass is 32.1. The van der Waals surface area contributed by atoms with Crippen molar-refractivity contribution in [3.05, 3.63) is 85.7 Å². The van der Waals surface area contributed by atoms with Crippen LogP contribution in [0.25, 0.3) is 21.3 Å². The predicted molar refractivity (Wildman–Crippen MR) is 130 cm³/mol. The van der Waals surface area contributed by atoms with E-state index in [1.54, 1.807) is 6.07 Å². The third kappa shape index (κ3) is 6.80. The molecule has 0 saturated heterocycles. The van der Waals surface area contributed by atoms with E-state index in [4.69, 9.17) is 15.6 Å². The molecule has 4 N–H and O–H groups in total. The molecular formula is C23H20F5N5O4S. The van der Waals surface area contributed by atoms with Crippen LogP contribution in [0.1, 0.15) is 10.4 Å². The van der Waals surface area contributed by atoms with Crippen LogP contribution in [-0.4, -0.2) is 43.1 Å². The average Bonchev–Trinajstić information content (AvgIpc) is 3.44. The number of fused-ring (bicyclic) bond motifs is 1. The number of nitrogens with zero attached hydrogens (tertiary/aromatic N) is 3. The summed E-state index contributed by atoms with van der Waals surface area (Å²) < 4.78 is 59.7. The number of aromatic nitrogens is 4. The standard InChI is InChI=1S/C21H19F2N5O2S.C2HF3O2/c1-12-6-14(7-13-2-5-18(29)26-19(12)13)17-4-3-16(31-17)10-27-11-25-28(21(27)30)9-15(8-24)20(22)23;3-2(4,5)1(6)7/h2-7,11H,8-10,24H2,1H3,(H,26,29);(H,6,7). The number of aromatic amines is 1. The Morgan fingerprint density at radius 2 is 1.84 bits per heavy atom. The second kappa shape index (κ2) is 11.5. The molecule has 202 valence electrons. The summed E-state index contributed by atoms with van der Waals surface area (Å²) in [6.07, 6.45) is -5.63. The van der Waals surface area contributed by atoms with E-state index in [2.05, 4.69) is 10.1 Å². The molecule has 0 fully saturated rings. The number of benzene rings is 1. The van der Waals surface area contributed by atoms with E-state index in [0.717, 1.165) is 36.5 Å². The van der Waals surface area contributed by atoms with E-state index in [1.165, 1.54) is 28.3 Å². The number of hydrogen-bond donors (Lipinski definition) is 3. The fraction of sp³-hybridized carbons (Fsp3) is 0.217. The van der Waals surface area contributed by atoms with Crippen molar-refractivity contribution in [2.75, 3.05) is 6.54 Å². The largest absolute Gasteiger partial charge is 0.490 e. The molecule has 38 heavy (non-hydrogen) atoms. The smallest absolute Gasteiger partial charge is 0.475 e. The van der Waals surface area contributed by atoms with Crippen molar-refractivity contribution in [2.45, 2.75) is 26.2 Å². The van der Waals surface area contributed by atoms with E-state index in [1.807, 2.05) is 31.2 Å². The van der Waals surface area contributed by atoms with Crippen LogP contribution < -0.4 is 17.0 Å².